The van der Waals surface area contributed by atoms with Crippen molar-refractivity contribution in [3.63, 3.8) is 0 Å². The van der Waals surface area contributed by atoms with Gasteiger partial charge < -0.3 is 9.32 Å². The molecule has 0 saturated carbocycles. The number of rotatable bonds is 26. The maximum absolute atomic E-state index is 12.8. The molecular weight excluding hydrogens is 556 g/mol. The summed E-state index contributed by atoms with van der Waals surface area (Å²) in [5.74, 6) is 0.619. The molecule has 0 spiro atoms. The summed E-state index contributed by atoms with van der Waals surface area (Å²) in [7, 11) is 0. The van der Waals surface area contributed by atoms with Gasteiger partial charge in [-0.2, -0.15) is 5.10 Å². The Labute approximate surface area is 273 Å². The molecule has 0 fully saturated rings. The summed E-state index contributed by atoms with van der Waals surface area (Å²) < 4.78 is 5.78. The van der Waals surface area contributed by atoms with Crippen molar-refractivity contribution in [1.82, 2.24) is 4.98 Å². The predicted molar refractivity (Wildman–Crippen MR) is 194 cm³/mol. The van der Waals surface area contributed by atoms with Crippen LogP contribution < -0.4 is 16.0 Å². The Morgan fingerprint density at radius 2 is 1.27 bits per heavy atom. The highest BCUT2D eigenvalue weighted by Crippen LogP contribution is 2.24. The van der Waals surface area contributed by atoms with Crippen LogP contribution in [-0.4, -0.2) is 24.3 Å². The number of nitrogens with one attached hydrogen (secondary N) is 1. The first-order chi connectivity index (χ1) is 22.2. The third kappa shape index (κ3) is 15.1. The number of hydrogen-bond acceptors (Lipinski definition) is 6. The number of hydrogen-bond donors (Lipinski definition) is 1. The van der Waals surface area contributed by atoms with E-state index in [0.29, 0.717) is 17.0 Å². The monoisotopic (exact) mass is 616 g/mol. The maximum atomic E-state index is 12.8. The lowest BCUT2D eigenvalue weighted by Crippen LogP contribution is -2.25. The molecule has 2 aromatic heterocycles. The van der Waals surface area contributed by atoms with Gasteiger partial charge in [-0.15, -0.1) is 0 Å². The minimum absolute atomic E-state index is 0.387. The van der Waals surface area contributed by atoms with E-state index in [9.17, 15) is 4.79 Å². The lowest BCUT2D eigenvalue weighted by Gasteiger charge is -2.25. The minimum atomic E-state index is -0.387. The molecule has 0 radical (unpaired) electrons. The second kappa shape index (κ2) is 23.2. The van der Waals surface area contributed by atoms with E-state index in [-0.39, 0.29) is 5.63 Å². The summed E-state index contributed by atoms with van der Waals surface area (Å²) in [6.45, 7) is 6.66. The zero-order valence-electron chi connectivity index (χ0n) is 28.4. The summed E-state index contributed by atoms with van der Waals surface area (Å²) in [5.41, 5.74) is 4.65. The summed E-state index contributed by atoms with van der Waals surface area (Å²) in [5, 5.41) is 5.07. The van der Waals surface area contributed by atoms with Gasteiger partial charge >= 0.3 is 5.63 Å². The summed E-state index contributed by atoms with van der Waals surface area (Å²) in [6.07, 6.45) is 30.0. The molecule has 3 rings (SSSR count). The van der Waals surface area contributed by atoms with Crippen LogP contribution in [0.1, 0.15) is 148 Å². The number of unbranched alkanes of at least 4 members (excludes halogenated alkanes) is 18. The lowest BCUT2D eigenvalue weighted by atomic mass is 10.1. The molecule has 1 N–H and O–H groups in total. The van der Waals surface area contributed by atoms with Crippen molar-refractivity contribution in [2.75, 3.05) is 23.4 Å². The normalized spacial score (nSPS) is 11.5. The molecule has 45 heavy (non-hydrogen) atoms. The van der Waals surface area contributed by atoms with Crippen LogP contribution >= 0.6 is 0 Å². The first-order valence-corrected chi connectivity index (χ1v) is 18.2. The van der Waals surface area contributed by atoms with E-state index in [0.717, 1.165) is 24.2 Å². The van der Waals surface area contributed by atoms with E-state index in [2.05, 4.69) is 52.5 Å². The van der Waals surface area contributed by atoms with Gasteiger partial charge in [-0.05, 0) is 43.2 Å². The van der Waals surface area contributed by atoms with Crippen molar-refractivity contribution in [3.05, 3.63) is 64.6 Å². The van der Waals surface area contributed by atoms with E-state index < -0.39 is 0 Å². The van der Waals surface area contributed by atoms with Crippen molar-refractivity contribution >= 4 is 28.7 Å². The Hall–Kier alpha value is -3.15. The Morgan fingerprint density at radius 3 is 1.80 bits per heavy atom. The van der Waals surface area contributed by atoms with Crippen LogP contribution in [0.3, 0.4) is 0 Å². The molecule has 0 amide bonds. The van der Waals surface area contributed by atoms with Crippen LogP contribution in [0.15, 0.2) is 63.0 Å². The standard InChI is InChI=1S/C39H60N4O2/c1-3-5-7-9-11-13-15-17-19-23-29-43(30-24-20-18-16-14-12-10-8-6-4-2)36-27-26-34-31-35(39(44)45-37(34)32-36)33-41-42-38-25-21-22-28-40-38/h21-22,25-28,31-33H,3-20,23-24,29-30H2,1-2H3,(H,40,42)/b41-33+. The second-order valence-electron chi connectivity index (χ2n) is 12.6. The summed E-state index contributed by atoms with van der Waals surface area (Å²) >= 11 is 0. The highest BCUT2D eigenvalue weighted by Gasteiger charge is 2.10. The first kappa shape index (κ1) is 36.3. The molecule has 0 unspecified atom stereocenters. The Bertz CT molecular complexity index is 1230. The highest BCUT2D eigenvalue weighted by molar-refractivity contribution is 5.88. The third-order valence-electron chi connectivity index (χ3n) is 8.72. The molecule has 0 bridgehead atoms. The average Bonchev–Trinajstić information content (AvgIpc) is 3.06. The van der Waals surface area contributed by atoms with Gasteiger partial charge in [-0.3, -0.25) is 5.43 Å². The van der Waals surface area contributed by atoms with Crippen LogP contribution in [0.25, 0.3) is 11.0 Å². The average molecular weight is 617 g/mol. The molecule has 0 saturated heterocycles. The van der Waals surface area contributed by atoms with Crippen LogP contribution in [0.4, 0.5) is 11.5 Å². The second-order valence-corrected chi connectivity index (χ2v) is 12.6. The number of pyridine rings is 1. The number of benzene rings is 1. The van der Waals surface area contributed by atoms with Crippen LogP contribution in [0.5, 0.6) is 0 Å². The predicted octanol–water partition coefficient (Wildman–Crippen LogP) is 11.3. The molecular formula is C39H60N4O2. The zero-order valence-corrected chi connectivity index (χ0v) is 28.4. The number of hydrazone groups is 1. The Morgan fingerprint density at radius 1 is 0.711 bits per heavy atom. The summed E-state index contributed by atoms with van der Waals surface area (Å²) in [6, 6.07) is 13.7. The lowest BCUT2D eigenvalue weighted by molar-refractivity contribution is 0.542. The Kier molecular flexibility index (Phi) is 18.7. The molecule has 1 aromatic carbocycles. The van der Waals surface area contributed by atoms with Crippen LogP contribution in [0.2, 0.25) is 0 Å². The van der Waals surface area contributed by atoms with Crippen molar-refractivity contribution in [3.8, 4) is 0 Å². The fraction of sp³-hybridized carbons (Fsp3) is 0.615. The molecule has 6 nitrogen and oxygen atoms in total. The largest absolute Gasteiger partial charge is 0.422 e. The van der Waals surface area contributed by atoms with E-state index in [1.807, 2.05) is 24.3 Å². The minimum Gasteiger partial charge on any atom is -0.422 e. The van der Waals surface area contributed by atoms with E-state index in [4.69, 9.17) is 4.42 Å². The number of fused-ring (bicyclic) bond motifs is 1. The maximum Gasteiger partial charge on any atom is 0.345 e. The van der Waals surface area contributed by atoms with E-state index in [1.54, 1.807) is 6.20 Å². The van der Waals surface area contributed by atoms with Gasteiger partial charge in [0, 0.05) is 36.4 Å². The van der Waals surface area contributed by atoms with Gasteiger partial charge in [0.1, 0.15) is 11.4 Å². The topological polar surface area (TPSA) is 70.7 Å². The van der Waals surface area contributed by atoms with Crippen molar-refractivity contribution < 1.29 is 4.42 Å². The third-order valence-corrected chi connectivity index (χ3v) is 8.72. The van der Waals surface area contributed by atoms with Gasteiger partial charge in [-0.1, -0.05) is 135 Å². The van der Waals surface area contributed by atoms with Gasteiger partial charge in [0.05, 0.1) is 11.8 Å². The molecule has 0 aliphatic rings. The molecule has 0 aliphatic carbocycles. The molecule has 248 valence electrons. The highest BCUT2D eigenvalue weighted by atomic mass is 16.4. The van der Waals surface area contributed by atoms with Gasteiger partial charge in [0.25, 0.3) is 0 Å². The molecule has 6 heteroatoms. The van der Waals surface area contributed by atoms with Gasteiger partial charge in [-0.25, -0.2) is 9.78 Å². The van der Waals surface area contributed by atoms with Crippen LogP contribution in [-0.2, 0) is 0 Å². The number of nitrogens with zero attached hydrogens (tertiary/aromatic N) is 3. The van der Waals surface area contributed by atoms with Crippen molar-refractivity contribution in [2.24, 2.45) is 5.10 Å². The Balaban J connectivity index is 1.53. The van der Waals surface area contributed by atoms with Crippen LogP contribution in [0, 0.1) is 0 Å². The SMILES string of the molecule is CCCCCCCCCCCCN(CCCCCCCCCCCC)c1ccc2cc(/C=N/Nc3ccccn3)c(=O)oc2c1. The zero-order chi connectivity index (χ0) is 31.8. The summed E-state index contributed by atoms with van der Waals surface area (Å²) in [4.78, 5) is 19.5. The van der Waals surface area contributed by atoms with Gasteiger partial charge in [0.2, 0.25) is 0 Å². The fourth-order valence-electron chi connectivity index (χ4n) is 5.95. The number of aromatic nitrogens is 1. The molecule has 3 aromatic rings. The van der Waals surface area contributed by atoms with Gasteiger partial charge in [0.15, 0.2) is 0 Å². The van der Waals surface area contributed by atoms with Crippen molar-refractivity contribution in [1.29, 1.82) is 0 Å². The molecule has 0 aliphatic heterocycles. The molecule has 0 atom stereocenters. The quantitative estimate of drug-likeness (QED) is 0.0420. The smallest absolute Gasteiger partial charge is 0.345 e. The first-order valence-electron chi connectivity index (χ1n) is 18.2. The molecule has 2 heterocycles. The number of anilines is 2. The fourth-order valence-corrected chi connectivity index (χ4v) is 5.95. The van der Waals surface area contributed by atoms with E-state index in [1.165, 1.54) is 135 Å². The van der Waals surface area contributed by atoms with Crippen molar-refractivity contribution in [2.45, 2.75) is 142 Å². The van der Waals surface area contributed by atoms with E-state index >= 15 is 0 Å².